The molecule has 0 atom stereocenters. The Morgan fingerprint density at radius 3 is 2.36 bits per heavy atom. The maximum Gasteiger partial charge on any atom is 0.0935 e. The normalized spacial score (nSPS) is 22.5. The van der Waals surface area contributed by atoms with Crippen molar-refractivity contribution in [2.45, 2.75) is 18.4 Å². The summed E-state index contributed by atoms with van der Waals surface area (Å²) < 4.78 is 10.7. The Morgan fingerprint density at radius 2 is 1.93 bits per heavy atom. The third kappa shape index (κ3) is 2.92. The third-order valence-electron chi connectivity index (χ3n) is 3.02. The Kier molecular flexibility index (Phi) is 4.81. The van der Waals surface area contributed by atoms with Crippen molar-refractivity contribution >= 4 is 0 Å². The minimum atomic E-state index is -0.0965. The van der Waals surface area contributed by atoms with Gasteiger partial charge in [0, 0.05) is 33.9 Å². The number of methoxy groups -OCH3 is 2. The van der Waals surface area contributed by atoms with Gasteiger partial charge in [0.25, 0.3) is 0 Å². The first-order valence-corrected chi connectivity index (χ1v) is 5.13. The monoisotopic (exact) mass is 203 g/mol. The quantitative estimate of drug-likeness (QED) is 0.688. The average molecular weight is 203 g/mol. The molecule has 0 bridgehead atoms. The molecule has 0 amide bonds. The van der Waals surface area contributed by atoms with Crippen LogP contribution in [0.2, 0.25) is 0 Å². The molecule has 1 aliphatic heterocycles. The van der Waals surface area contributed by atoms with Crippen LogP contribution in [0.25, 0.3) is 0 Å². The van der Waals surface area contributed by atoms with Crippen molar-refractivity contribution in [3.8, 4) is 0 Å². The first kappa shape index (κ1) is 11.9. The van der Waals surface area contributed by atoms with Gasteiger partial charge in [-0.3, -0.25) is 0 Å². The van der Waals surface area contributed by atoms with E-state index in [-0.39, 0.29) is 12.2 Å². The number of rotatable bonds is 5. The summed E-state index contributed by atoms with van der Waals surface area (Å²) in [6.45, 7) is 3.64. The lowest BCUT2D eigenvalue weighted by atomic mass is 9.92. The topological polar surface area (TPSA) is 41.9 Å². The summed E-state index contributed by atoms with van der Waals surface area (Å²) in [6, 6.07) is 0. The number of β-amino-alcohol motifs (C(OH)–C–C–N with tert-alkyl or cyclic N) is 1. The number of nitrogens with zero attached hydrogens (tertiary/aromatic N) is 1. The number of piperidine rings is 1. The van der Waals surface area contributed by atoms with Gasteiger partial charge in [-0.15, -0.1) is 0 Å². The molecule has 0 radical (unpaired) electrons. The van der Waals surface area contributed by atoms with Gasteiger partial charge < -0.3 is 19.5 Å². The molecule has 4 heteroatoms. The standard InChI is InChI=1S/C10H21NO3/c1-13-9-10(14-2)3-5-11(6-4-10)7-8-12/h12H,3-9H2,1-2H3. The molecule has 1 heterocycles. The van der Waals surface area contributed by atoms with Crippen LogP contribution in [0.5, 0.6) is 0 Å². The van der Waals surface area contributed by atoms with E-state index in [2.05, 4.69) is 4.90 Å². The fraction of sp³-hybridized carbons (Fsp3) is 1.00. The molecule has 1 fully saturated rings. The van der Waals surface area contributed by atoms with E-state index in [0.717, 1.165) is 32.5 Å². The largest absolute Gasteiger partial charge is 0.395 e. The van der Waals surface area contributed by atoms with Gasteiger partial charge in [-0.05, 0) is 12.8 Å². The second kappa shape index (κ2) is 5.66. The first-order valence-electron chi connectivity index (χ1n) is 5.13. The summed E-state index contributed by atoms with van der Waals surface area (Å²) in [6.07, 6.45) is 1.97. The zero-order valence-electron chi connectivity index (χ0n) is 9.16. The molecule has 4 nitrogen and oxygen atoms in total. The molecule has 1 aliphatic rings. The van der Waals surface area contributed by atoms with E-state index in [9.17, 15) is 0 Å². The molecule has 0 aromatic rings. The van der Waals surface area contributed by atoms with E-state index in [1.54, 1.807) is 14.2 Å². The maximum absolute atomic E-state index is 8.81. The van der Waals surface area contributed by atoms with Crippen LogP contribution in [-0.4, -0.2) is 62.7 Å². The predicted octanol–water partition coefficient (Wildman–Crippen LogP) is 0.106. The van der Waals surface area contributed by atoms with Crippen molar-refractivity contribution < 1.29 is 14.6 Å². The lowest BCUT2D eigenvalue weighted by Crippen LogP contribution is -2.48. The van der Waals surface area contributed by atoms with Gasteiger partial charge in [0.1, 0.15) is 0 Å². The van der Waals surface area contributed by atoms with Gasteiger partial charge in [0.15, 0.2) is 0 Å². The Labute approximate surface area is 85.8 Å². The Balaban J connectivity index is 2.38. The predicted molar refractivity (Wildman–Crippen MR) is 54.4 cm³/mol. The van der Waals surface area contributed by atoms with Crippen molar-refractivity contribution in [1.29, 1.82) is 0 Å². The van der Waals surface area contributed by atoms with Crippen molar-refractivity contribution in [1.82, 2.24) is 4.90 Å². The lowest BCUT2D eigenvalue weighted by Gasteiger charge is -2.40. The van der Waals surface area contributed by atoms with E-state index >= 15 is 0 Å². The van der Waals surface area contributed by atoms with Gasteiger partial charge >= 0.3 is 0 Å². The second-order valence-electron chi connectivity index (χ2n) is 3.89. The molecule has 0 aromatic heterocycles. The molecule has 14 heavy (non-hydrogen) atoms. The maximum atomic E-state index is 8.81. The molecule has 0 aromatic carbocycles. The molecular formula is C10H21NO3. The van der Waals surface area contributed by atoms with Crippen LogP contribution in [0.3, 0.4) is 0 Å². The molecular weight excluding hydrogens is 182 g/mol. The fourth-order valence-corrected chi connectivity index (χ4v) is 2.00. The summed E-state index contributed by atoms with van der Waals surface area (Å²) in [5.41, 5.74) is -0.0965. The first-order chi connectivity index (χ1) is 6.76. The van der Waals surface area contributed by atoms with Gasteiger partial charge in [-0.1, -0.05) is 0 Å². The molecule has 0 saturated carbocycles. The highest BCUT2D eigenvalue weighted by Gasteiger charge is 2.34. The van der Waals surface area contributed by atoms with E-state index in [4.69, 9.17) is 14.6 Å². The van der Waals surface area contributed by atoms with E-state index in [1.165, 1.54) is 0 Å². The SMILES string of the molecule is COCC1(OC)CCN(CCO)CC1. The number of hydrogen-bond donors (Lipinski definition) is 1. The zero-order chi connectivity index (χ0) is 10.4. The van der Waals surface area contributed by atoms with Gasteiger partial charge in [-0.2, -0.15) is 0 Å². The average Bonchev–Trinajstić information content (AvgIpc) is 2.22. The molecule has 84 valence electrons. The van der Waals surface area contributed by atoms with Gasteiger partial charge in [0.2, 0.25) is 0 Å². The highest BCUT2D eigenvalue weighted by atomic mass is 16.5. The van der Waals surface area contributed by atoms with E-state index in [1.807, 2.05) is 0 Å². The number of hydrogen-bond acceptors (Lipinski definition) is 4. The summed E-state index contributed by atoms with van der Waals surface area (Å²) in [5.74, 6) is 0. The number of likely N-dealkylation sites (tertiary alicyclic amines) is 1. The Morgan fingerprint density at radius 1 is 1.29 bits per heavy atom. The molecule has 0 spiro atoms. The molecule has 0 unspecified atom stereocenters. The van der Waals surface area contributed by atoms with Crippen LogP contribution >= 0.6 is 0 Å². The Hall–Kier alpha value is -0.160. The van der Waals surface area contributed by atoms with Crippen molar-refractivity contribution in [2.75, 3.05) is 47.1 Å². The molecule has 1 N–H and O–H groups in total. The Bertz CT molecular complexity index is 155. The minimum Gasteiger partial charge on any atom is -0.395 e. The lowest BCUT2D eigenvalue weighted by molar-refractivity contribution is -0.0988. The summed E-state index contributed by atoms with van der Waals surface area (Å²) in [7, 11) is 3.46. The number of aliphatic hydroxyl groups excluding tert-OH is 1. The van der Waals surface area contributed by atoms with E-state index < -0.39 is 0 Å². The summed E-state index contributed by atoms with van der Waals surface area (Å²) >= 11 is 0. The van der Waals surface area contributed by atoms with Gasteiger partial charge in [0.05, 0.1) is 18.8 Å². The van der Waals surface area contributed by atoms with Crippen LogP contribution in [-0.2, 0) is 9.47 Å². The van der Waals surface area contributed by atoms with Crippen LogP contribution in [0.1, 0.15) is 12.8 Å². The number of aliphatic hydroxyl groups is 1. The minimum absolute atomic E-state index is 0.0965. The van der Waals surface area contributed by atoms with Gasteiger partial charge in [-0.25, -0.2) is 0 Å². The zero-order valence-corrected chi connectivity index (χ0v) is 9.16. The second-order valence-corrected chi connectivity index (χ2v) is 3.89. The van der Waals surface area contributed by atoms with Crippen LogP contribution < -0.4 is 0 Å². The molecule has 0 aliphatic carbocycles. The van der Waals surface area contributed by atoms with Crippen molar-refractivity contribution in [2.24, 2.45) is 0 Å². The third-order valence-corrected chi connectivity index (χ3v) is 3.02. The van der Waals surface area contributed by atoms with Crippen LogP contribution in [0, 0.1) is 0 Å². The fourth-order valence-electron chi connectivity index (χ4n) is 2.00. The van der Waals surface area contributed by atoms with Crippen LogP contribution in [0.4, 0.5) is 0 Å². The highest BCUT2D eigenvalue weighted by molar-refractivity contribution is 4.87. The number of ether oxygens (including phenoxy) is 2. The van der Waals surface area contributed by atoms with E-state index in [0.29, 0.717) is 6.61 Å². The summed E-state index contributed by atoms with van der Waals surface area (Å²) in [4.78, 5) is 2.26. The van der Waals surface area contributed by atoms with Crippen LogP contribution in [0.15, 0.2) is 0 Å². The molecule has 1 saturated heterocycles. The highest BCUT2D eigenvalue weighted by Crippen LogP contribution is 2.25. The smallest absolute Gasteiger partial charge is 0.0935 e. The van der Waals surface area contributed by atoms with Crippen molar-refractivity contribution in [3.63, 3.8) is 0 Å². The van der Waals surface area contributed by atoms with Crippen molar-refractivity contribution in [3.05, 3.63) is 0 Å². The summed E-state index contributed by atoms with van der Waals surface area (Å²) in [5, 5.41) is 8.81. The molecule has 1 rings (SSSR count).